The van der Waals surface area contributed by atoms with Gasteiger partial charge in [-0.05, 0) is 76.8 Å². The van der Waals surface area contributed by atoms with Crippen molar-refractivity contribution in [3.63, 3.8) is 0 Å². The molecule has 2 atom stereocenters. The van der Waals surface area contributed by atoms with Crippen molar-refractivity contribution in [1.29, 1.82) is 0 Å². The average Bonchev–Trinajstić information content (AvgIpc) is 2.94. The Bertz CT molecular complexity index is 943. The van der Waals surface area contributed by atoms with Gasteiger partial charge in [0.25, 0.3) is 0 Å². The fraction of sp³-hybridized carbons (Fsp3) is 0.333. The molecule has 1 nitrogen and oxygen atoms in total. The van der Waals surface area contributed by atoms with Crippen molar-refractivity contribution in [2.45, 2.75) is 38.0 Å². The third-order valence-corrected chi connectivity index (χ3v) is 6.14. The van der Waals surface area contributed by atoms with Crippen molar-refractivity contribution in [3.8, 4) is 0 Å². The summed E-state index contributed by atoms with van der Waals surface area (Å²) < 4.78 is 70.0. The normalized spacial score (nSPS) is 22.4. The smallest absolute Gasteiger partial charge is 0.281 e. The Morgan fingerprint density at radius 3 is 2.39 bits per heavy atom. The lowest BCUT2D eigenvalue weighted by Gasteiger charge is -2.42. The molecule has 0 unspecified atom stereocenters. The van der Waals surface area contributed by atoms with E-state index in [1.807, 2.05) is 24.3 Å². The molecule has 4 rings (SSSR count). The highest BCUT2D eigenvalue weighted by atomic mass is 127. The molecule has 2 aromatic carbocycles. The molecule has 0 saturated heterocycles. The van der Waals surface area contributed by atoms with E-state index < -0.39 is 36.4 Å². The van der Waals surface area contributed by atoms with E-state index >= 15 is 0 Å². The number of benzene rings is 2. The van der Waals surface area contributed by atoms with Gasteiger partial charge in [-0.15, -0.1) is 0 Å². The molecular weight excluding hydrogens is 488 g/mol. The van der Waals surface area contributed by atoms with Gasteiger partial charge in [0.15, 0.2) is 0 Å². The molecule has 0 bridgehead atoms. The number of rotatable bonds is 2. The van der Waals surface area contributed by atoms with E-state index in [-0.39, 0.29) is 5.56 Å². The molecule has 148 valence electrons. The zero-order valence-corrected chi connectivity index (χ0v) is 17.1. The van der Waals surface area contributed by atoms with Crippen LogP contribution in [-0.2, 0) is 6.42 Å². The summed E-state index contributed by atoms with van der Waals surface area (Å²) in [6.07, 6.45) is -3.64. The van der Waals surface area contributed by atoms with Crippen LogP contribution in [0.4, 0.5) is 22.0 Å². The lowest BCUT2D eigenvalue weighted by molar-refractivity contribution is -0.155. The van der Waals surface area contributed by atoms with Crippen molar-refractivity contribution < 1.29 is 22.0 Å². The maximum Gasteiger partial charge on any atom is 0.401 e. The predicted molar refractivity (Wildman–Crippen MR) is 106 cm³/mol. The molecule has 1 aliphatic carbocycles. The maximum atomic E-state index is 14.8. The van der Waals surface area contributed by atoms with E-state index in [0.717, 1.165) is 16.7 Å². The van der Waals surface area contributed by atoms with Crippen LogP contribution in [0.5, 0.6) is 0 Å². The summed E-state index contributed by atoms with van der Waals surface area (Å²) >= 11 is 1.80. The highest BCUT2D eigenvalue weighted by molar-refractivity contribution is 14.1. The van der Waals surface area contributed by atoms with E-state index in [2.05, 4.69) is 0 Å². The summed E-state index contributed by atoms with van der Waals surface area (Å²) in [5.41, 5.74) is 3.26. The Hall–Kier alpha value is -1.48. The summed E-state index contributed by atoms with van der Waals surface area (Å²) in [6.45, 7) is 0.475. The fourth-order valence-electron chi connectivity index (χ4n) is 4.43. The molecule has 0 fully saturated rings. The first-order chi connectivity index (χ1) is 13.2. The Kier molecular flexibility index (Phi) is 5.02. The first kappa shape index (κ1) is 19.8. The predicted octanol–water partition coefficient (Wildman–Crippen LogP) is 6.28. The molecule has 0 radical (unpaired) electrons. The van der Waals surface area contributed by atoms with Crippen LogP contribution in [0.1, 0.15) is 36.1 Å². The van der Waals surface area contributed by atoms with Crippen LogP contribution in [-0.4, -0.2) is 23.7 Å². The van der Waals surface area contributed by atoms with Crippen LogP contribution in [0.2, 0.25) is 0 Å². The molecule has 28 heavy (non-hydrogen) atoms. The van der Waals surface area contributed by atoms with E-state index in [9.17, 15) is 22.0 Å². The van der Waals surface area contributed by atoms with Gasteiger partial charge in [-0.2, -0.15) is 13.2 Å². The highest BCUT2D eigenvalue weighted by Gasteiger charge is 2.45. The summed E-state index contributed by atoms with van der Waals surface area (Å²) in [5.74, 6) is -1.61. The van der Waals surface area contributed by atoms with Crippen molar-refractivity contribution in [3.05, 3.63) is 73.9 Å². The van der Waals surface area contributed by atoms with Gasteiger partial charge in [-0.25, -0.2) is 8.78 Å². The standard InChI is InChI=1S/C21H17F5IN/c1-11-6-15-14-5-3-2-4-12(14)7-16(15)20(28(11)10-21(24,25)26)19-17(22)8-13(27)9-18(19)23/h2-5,8-9,11,20H,6-7,10H2,1H3/t11-,20+/m1/s1. The van der Waals surface area contributed by atoms with Gasteiger partial charge in [0.05, 0.1) is 12.6 Å². The molecule has 7 heteroatoms. The highest BCUT2D eigenvalue weighted by Crippen LogP contribution is 2.50. The van der Waals surface area contributed by atoms with Crippen molar-refractivity contribution in [2.75, 3.05) is 6.54 Å². The molecule has 0 N–H and O–H groups in total. The minimum absolute atomic E-state index is 0.295. The van der Waals surface area contributed by atoms with Gasteiger partial charge >= 0.3 is 6.18 Å². The quantitative estimate of drug-likeness (QED) is 0.343. The molecule has 0 spiro atoms. The van der Waals surface area contributed by atoms with Crippen molar-refractivity contribution >= 4 is 28.2 Å². The van der Waals surface area contributed by atoms with Crippen LogP contribution in [0.25, 0.3) is 5.57 Å². The first-order valence-corrected chi connectivity index (χ1v) is 10.0. The van der Waals surface area contributed by atoms with E-state index in [4.69, 9.17) is 0 Å². The second-order valence-electron chi connectivity index (χ2n) is 7.36. The Balaban J connectivity index is 1.91. The van der Waals surface area contributed by atoms with E-state index in [1.165, 1.54) is 17.0 Å². The Morgan fingerprint density at radius 2 is 1.75 bits per heavy atom. The van der Waals surface area contributed by atoms with Gasteiger partial charge in [-0.1, -0.05) is 24.3 Å². The zero-order valence-electron chi connectivity index (χ0n) is 15.0. The molecule has 1 aliphatic heterocycles. The maximum absolute atomic E-state index is 14.8. The van der Waals surface area contributed by atoms with Gasteiger partial charge in [-0.3, -0.25) is 4.90 Å². The van der Waals surface area contributed by atoms with Gasteiger partial charge < -0.3 is 0 Å². The zero-order chi connectivity index (χ0) is 20.2. The second-order valence-corrected chi connectivity index (χ2v) is 8.61. The third kappa shape index (κ3) is 3.47. The number of nitrogens with zero attached hydrogens (tertiary/aromatic N) is 1. The molecule has 2 aliphatic rings. The SMILES string of the molecule is C[C@@H]1CC2=C(Cc3ccccc32)[C@@H](c2c(F)cc(I)cc2F)N1CC(F)(F)F. The van der Waals surface area contributed by atoms with Crippen molar-refractivity contribution in [1.82, 2.24) is 4.90 Å². The van der Waals surface area contributed by atoms with E-state index in [0.29, 0.717) is 22.0 Å². The Morgan fingerprint density at radius 1 is 1.11 bits per heavy atom. The number of halogens is 6. The van der Waals surface area contributed by atoms with Crippen LogP contribution in [0.3, 0.4) is 0 Å². The molecule has 0 amide bonds. The number of fused-ring (bicyclic) bond motifs is 2. The lowest BCUT2D eigenvalue weighted by atomic mass is 9.84. The molecular formula is C21H17F5IN. The van der Waals surface area contributed by atoms with Crippen LogP contribution in [0, 0.1) is 15.2 Å². The summed E-state index contributed by atoms with van der Waals surface area (Å²) in [4.78, 5) is 1.19. The van der Waals surface area contributed by atoms with Crippen molar-refractivity contribution in [2.24, 2.45) is 0 Å². The monoisotopic (exact) mass is 505 g/mol. The molecule has 2 aromatic rings. The number of alkyl halides is 3. The van der Waals surface area contributed by atoms with Crippen LogP contribution < -0.4 is 0 Å². The number of hydrogen-bond donors (Lipinski definition) is 0. The molecule has 0 saturated carbocycles. The average molecular weight is 505 g/mol. The fourth-order valence-corrected chi connectivity index (χ4v) is 4.98. The molecule has 1 heterocycles. The third-order valence-electron chi connectivity index (χ3n) is 5.52. The lowest BCUT2D eigenvalue weighted by Crippen LogP contribution is -2.46. The van der Waals surface area contributed by atoms with Crippen LogP contribution in [0.15, 0.2) is 42.0 Å². The van der Waals surface area contributed by atoms with Gasteiger partial charge in [0, 0.05) is 15.2 Å². The topological polar surface area (TPSA) is 3.24 Å². The minimum atomic E-state index is -4.47. The summed E-state index contributed by atoms with van der Waals surface area (Å²) in [6, 6.07) is 8.36. The van der Waals surface area contributed by atoms with Gasteiger partial charge in [0.1, 0.15) is 11.6 Å². The Labute approximate surface area is 173 Å². The van der Waals surface area contributed by atoms with Crippen LogP contribution >= 0.6 is 22.6 Å². The largest absolute Gasteiger partial charge is 0.401 e. The summed E-state index contributed by atoms with van der Waals surface area (Å²) in [5, 5.41) is 0. The minimum Gasteiger partial charge on any atom is -0.281 e. The second kappa shape index (κ2) is 7.09. The summed E-state index contributed by atoms with van der Waals surface area (Å²) in [7, 11) is 0. The first-order valence-electron chi connectivity index (χ1n) is 8.93. The number of hydrogen-bond acceptors (Lipinski definition) is 1. The molecule has 0 aromatic heterocycles. The van der Waals surface area contributed by atoms with Gasteiger partial charge in [0.2, 0.25) is 0 Å². The van der Waals surface area contributed by atoms with E-state index in [1.54, 1.807) is 29.5 Å².